The predicted molar refractivity (Wildman–Crippen MR) is 202 cm³/mol. The van der Waals surface area contributed by atoms with Crippen molar-refractivity contribution in [2.24, 2.45) is 0 Å². The molecule has 0 radical (unpaired) electrons. The summed E-state index contributed by atoms with van der Waals surface area (Å²) in [6.45, 7) is 4.76. The van der Waals surface area contributed by atoms with Crippen molar-refractivity contribution >= 4 is 43.1 Å². The standard InChI is InChI=1S/C47H32/c1-47(2)43-27-36(19-21-41(43)42-22-20-37(28-44(42)47)35-16-13-29-7-3-4-8-32(29)23-35)33-11-6-12-34(24-33)40-25-38-17-14-30-9-5-10-31-15-18-39(26-40)46(38)45(30)31/h3-28H,1-2H3. The average molecular weight is 597 g/mol. The van der Waals surface area contributed by atoms with Crippen LogP contribution in [0.3, 0.4) is 0 Å². The quantitative estimate of drug-likeness (QED) is 0.178. The molecule has 0 bridgehead atoms. The predicted octanol–water partition coefficient (Wildman–Crippen LogP) is 13.0. The molecule has 0 amide bonds. The van der Waals surface area contributed by atoms with Crippen LogP contribution in [0.1, 0.15) is 25.0 Å². The van der Waals surface area contributed by atoms with E-state index in [-0.39, 0.29) is 5.41 Å². The number of fused-ring (bicyclic) bond motifs is 4. The van der Waals surface area contributed by atoms with Crippen molar-refractivity contribution in [3.8, 4) is 44.5 Å². The summed E-state index contributed by atoms with van der Waals surface area (Å²) >= 11 is 0. The third-order valence-corrected chi connectivity index (χ3v) is 10.8. The largest absolute Gasteiger partial charge is 0.0616 e. The number of hydrogen-bond acceptors (Lipinski definition) is 0. The molecule has 0 heterocycles. The van der Waals surface area contributed by atoms with Crippen LogP contribution in [-0.2, 0) is 5.41 Å². The van der Waals surface area contributed by atoms with Crippen LogP contribution in [-0.4, -0.2) is 0 Å². The molecule has 10 rings (SSSR count). The van der Waals surface area contributed by atoms with E-state index in [1.165, 1.54) is 98.7 Å². The summed E-state index contributed by atoms with van der Waals surface area (Å²) < 4.78 is 0. The van der Waals surface area contributed by atoms with E-state index in [1.807, 2.05) is 0 Å². The molecule has 0 saturated heterocycles. The summed E-state index contributed by atoms with van der Waals surface area (Å²) in [7, 11) is 0. The zero-order valence-electron chi connectivity index (χ0n) is 26.5. The third-order valence-electron chi connectivity index (χ3n) is 10.8. The Morgan fingerprint density at radius 2 is 0.723 bits per heavy atom. The molecule has 220 valence electrons. The minimum Gasteiger partial charge on any atom is -0.0616 e. The molecule has 0 atom stereocenters. The van der Waals surface area contributed by atoms with Gasteiger partial charge in [-0.3, -0.25) is 0 Å². The zero-order chi connectivity index (χ0) is 31.3. The van der Waals surface area contributed by atoms with Gasteiger partial charge in [-0.25, -0.2) is 0 Å². The van der Waals surface area contributed by atoms with E-state index in [4.69, 9.17) is 0 Å². The normalized spacial score (nSPS) is 13.5. The van der Waals surface area contributed by atoms with E-state index >= 15 is 0 Å². The van der Waals surface area contributed by atoms with Crippen molar-refractivity contribution in [1.82, 2.24) is 0 Å². The van der Waals surface area contributed by atoms with Gasteiger partial charge in [0.25, 0.3) is 0 Å². The van der Waals surface area contributed by atoms with Gasteiger partial charge in [-0.05, 0) is 135 Å². The van der Waals surface area contributed by atoms with E-state index in [1.54, 1.807) is 0 Å². The van der Waals surface area contributed by atoms with Crippen LogP contribution in [0.5, 0.6) is 0 Å². The Balaban J connectivity index is 1.03. The first-order valence-electron chi connectivity index (χ1n) is 16.6. The van der Waals surface area contributed by atoms with Gasteiger partial charge in [-0.2, -0.15) is 0 Å². The Labute approximate surface area is 274 Å². The molecule has 0 fully saturated rings. The second-order valence-corrected chi connectivity index (χ2v) is 13.8. The maximum atomic E-state index is 2.44. The van der Waals surface area contributed by atoms with Crippen molar-refractivity contribution < 1.29 is 0 Å². The summed E-state index contributed by atoms with van der Waals surface area (Å²) in [6.07, 6.45) is 0. The van der Waals surface area contributed by atoms with Gasteiger partial charge < -0.3 is 0 Å². The lowest BCUT2D eigenvalue weighted by molar-refractivity contribution is 0.661. The third kappa shape index (κ3) is 3.95. The fraction of sp³-hybridized carbons (Fsp3) is 0.0638. The van der Waals surface area contributed by atoms with Crippen LogP contribution >= 0.6 is 0 Å². The van der Waals surface area contributed by atoms with E-state index in [0.717, 1.165) is 0 Å². The highest BCUT2D eigenvalue weighted by atomic mass is 14.4. The van der Waals surface area contributed by atoms with Gasteiger partial charge in [0.15, 0.2) is 0 Å². The molecule has 47 heavy (non-hydrogen) atoms. The molecule has 0 unspecified atom stereocenters. The Hall–Kier alpha value is -5.72. The fourth-order valence-electron chi connectivity index (χ4n) is 8.26. The molecular weight excluding hydrogens is 565 g/mol. The van der Waals surface area contributed by atoms with Gasteiger partial charge in [-0.15, -0.1) is 0 Å². The molecule has 0 aliphatic heterocycles. The molecule has 1 aliphatic rings. The summed E-state index contributed by atoms with van der Waals surface area (Å²) in [5.74, 6) is 0. The summed E-state index contributed by atoms with van der Waals surface area (Å²) in [5, 5.41) is 10.5. The van der Waals surface area contributed by atoms with Crippen molar-refractivity contribution in [1.29, 1.82) is 0 Å². The Bertz CT molecular complexity index is 2640. The van der Waals surface area contributed by atoms with Crippen molar-refractivity contribution in [3.05, 3.63) is 169 Å². The van der Waals surface area contributed by atoms with Gasteiger partial charge in [-0.1, -0.05) is 135 Å². The van der Waals surface area contributed by atoms with Crippen molar-refractivity contribution in [2.45, 2.75) is 19.3 Å². The van der Waals surface area contributed by atoms with Crippen LogP contribution in [0.2, 0.25) is 0 Å². The molecule has 0 heteroatoms. The average Bonchev–Trinajstić information content (AvgIpc) is 3.35. The number of hydrogen-bond donors (Lipinski definition) is 0. The van der Waals surface area contributed by atoms with E-state index in [2.05, 4.69) is 172 Å². The van der Waals surface area contributed by atoms with Crippen molar-refractivity contribution in [2.75, 3.05) is 0 Å². The Kier molecular flexibility index (Phi) is 5.44. The fourth-order valence-corrected chi connectivity index (χ4v) is 8.26. The monoisotopic (exact) mass is 596 g/mol. The van der Waals surface area contributed by atoms with E-state index < -0.39 is 0 Å². The first kappa shape index (κ1) is 26.5. The van der Waals surface area contributed by atoms with Crippen LogP contribution in [0.25, 0.3) is 87.6 Å². The van der Waals surface area contributed by atoms with Gasteiger partial charge in [0.05, 0.1) is 0 Å². The SMILES string of the molecule is CC1(C)c2cc(-c3cccc(-c4cc5ccc6cccc7ccc(c4)c5c67)c3)ccc2-c2ccc(-c3ccc4ccccc4c3)cc21. The maximum Gasteiger partial charge on any atom is 0.0159 e. The lowest BCUT2D eigenvalue weighted by Gasteiger charge is -2.23. The maximum absolute atomic E-state index is 2.44. The topological polar surface area (TPSA) is 0 Å². The lowest BCUT2D eigenvalue weighted by Crippen LogP contribution is -2.15. The molecule has 0 nitrogen and oxygen atoms in total. The summed E-state index contributed by atoms with van der Waals surface area (Å²) in [4.78, 5) is 0. The Morgan fingerprint density at radius 3 is 1.38 bits per heavy atom. The second kappa shape index (κ2) is 9.64. The van der Waals surface area contributed by atoms with Gasteiger partial charge in [0.2, 0.25) is 0 Å². The molecule has 0 aromatic heterocycles. The molecule has 0 saturated carbocycles. The number of benzene rings is 9. The van der Waals surface area contributed by atoms with E-state index in [0.29, 0.717) is 0 Å². The summed E-state index contributed by atoms with van der Waals surface area (Å²) in [5.41, 5.74) is 13.0. The van der Waals surface area contributed by atoms with Crippen LogP contribution < -0.4 is 0 Å². The summed E-state index contributed by atoms with van der Waals surface area (Å²) in [6, 6.07) is 59.0. The second-order valence-electron chi connectivity index (χ2n) is 13.8. The molecule has 0 N–H and O–H groups in total. The molecule has 9 aromatic carbocycles. The van der Waals surface area contributed by atoms with Crippen LogP contribution in [0.15, 0.2) is 158 Å². The highest BCUT2D eigenvalue weighted by molar-refractivity contribution is 6.23. The molecule has 9 aromatic rings. The smallest absolute Gasteiger partial charge is 0.0159 e. The van der Waals surface area contributed by atoms with E-state index in [9.17, 15) is 0 Å². The minimum atomic E-state index is -0.0971. The zero-order valence-corrected chi connectivity index (χ0v) is 26.5. The van der Waals surface area contributed by atoms with Crippen LogP contribution in [0.4, 0.5) is 0 Å². The van der Waals surface area contributed by atoms with Gasteiger partial charge >= 0.3 is 0 Å². The Morgan fingerprint density at radius 1 is 0.298 bits per heavy atom. The highest BCUT2D eigenvalue weighted by Crippen LogP contribution is 2.51. The lowest BCUT2D eigenvalue weighted by atomic mass is 9.80. The number of rotatable bonds is 3. The first-order valence-corrected chi connectivity index (χ1v) is 16.6. The highest BCUT2D eigenvalue weighted by Gasteiger charge is 2.36. The van der Waals surface area contributed by atoms with Crippen LogP contribution in [0, 0.1) is 0 Å². The molecular formula is C47H32. The molecule has 1 aliphatic carbocycles. The minimum absolute atomic E-state index is 0.0971. The van der Waals surface area contributed by atoms with Crippen molar-refractivity contribution in [3.63, 3.8) is 0 Å². The van der Waals surface area contributed by atoms with Gasteiger partial charge in [0, 0.05) is 5.41 Å². The molecule has 0 spiro atoms. The first-order chi connectivity index (χ1) is 23.0. The van der Waals surface area contributed by atoms with Gasteiger partial charge in [0.1, 0.15) is 0 Å².